The van der Waals surface area contributed by atoms with Gasteiger partial charge in [0.15, 0.2) is 0 Å². The van der Waals surface area contributed by atoms with E-state index in [0.717, 1.165) is 0 Å². The standard InChI is InChI=1S/C11H21NO5/c1-4-16-5-6-17-7-9(13)12-8-11(2,3)10(14)15/h4-8H2,1-3H3,(H,12,13)(H,14,15). The second kappa shape index (κ2) is 8.03. The molecule has 0 heterocycles. The molecule has 0 unspecified atom stereocenters. The third-order valence-electron chi connectivity index (χ3n) is 2.12. The van der Waals surface area contributed by atoms with Crippen LogP contribution < -0.4 is 5.32 Å². The molecule has 0 saturated carbocycles. The van der Waals surface area contributed by atoms with Gasteiger partial charge in [-0.1, -0.05) is 0 Å². The lowest BCUT2D eigenvalue weighted by atomic mass is 9.94. The molecule has 17 heavy (non-hydrogen) atoms. The monoisotopic (exact) mass is 247 g/mol. The Kier molecular flexibility index (Phi) is 7.49. The Labute approximate surface area is 101 Å². The van der Waals surface area contributed by atoms with E-state index in [-0.39, 0.29) is 19.1 Å². The summed E-state index contributed by atoms with van der Waals surface area (Å²) in [5.41, 5.74) is -0.971. The first-order valence-electron chi connectivity index (χ1n) is 5.55. The fourth-order valence-corrected chi connectivity index (χ4v) is 0.873. The van der Waals surface area contributed by atoms with Gasteiger partial charge in [0, 0.05) is 13.2 Å². The van der Waals surface area contributed by atoms with E-state index in [1.165, 1.54) is 0 Å². The summed E-state index contributed by atoms with van der Waals surface area (Å²) in [6.07, 6.45) is 0. The average Bonchev–Trinajstić information content (AvgIpc) is 2.26. The largest absolute Gasteiger partial charge is 0.481 e. The van der Waals surface area contributed by atoms with Gasteiger partial charge < -0.3 is 19.9 Å². The van der Waals surface area contributed by atoms with Gasteiger partial charge in [-0.05, 0) is 20.8 Å². The Bertz CT molecular complexity index is 252. The maximum atomic E-state index is 11.3. The number of nitrogens with one attached hydrogen (secondary N) is 1. The van der Waals surface area contributed by atoms with E-state index in [2.05, 4.69) is 5.32 Å². The van der Waals surface area contributed by atoms with Crippen LogP contribution in [-0.2, 0) is 19.1 Å². The van der Waals surface area contributed by atoms with Crippen molar-refractivity contribution in [1.82, 2.24) is 5.32 Å². The molecule has 0 spiro atoms. The van der Waals surface area contributed by atoms with Gasteiger partial charge in [0.05, 0.1) is 18.6 Å². The number of carbonyl (C=O) groups is 2. The molecule has 0 fully saturated rings. The zero-order chi connectivity index (χ0) is 13.3. The molecule has 6 nitrogen and oxygen atoms in total. The molecule has 0 rings (SSSR count). The van der Waals surface area contributed by atoms with Crippen molar-refractivity contribution in [2.75, 3.05) is 33.0 Å². The van der Waals surface area contributed by atoms with E-state index in [0.29, 0.717) is 19.8 Å². The Morgan fingerprint density at radius 3 is 2.35 bits per heavy atom. The van der Waals surface area contributed by atoms with Crippen molar-refractivity contribution in [3.8, 4) is 0 Å². The van der Waals surface area contributed by atoms with Crippen LogP contribution in [0, 0.1) is 5.41 Å². The summed E-state index contributed by atoms with van der Waals surface area (Å²) in [5, 5.41) is 11.3. The van der Waals surface area contributed by atoms with Gasteiger partial charge >= 0.3 is 5.97 Å². The fourth-order valence-electron chi connectivity index (χ4n) is 0.873. The van der Waals surface area contributed by atoms with E-state index in [9.17, 15) is 9.59 Å². The predicted octanol–water partition coefficient (Wildman–Crippen LogP) is 0.266. The Hall–Kier alpha value is -1.14. The number of carboxylic acids is 1. The molecule has 6 heteroatoms. The van der Waals surface area contributed by atoms with Crippen molar-refractivity contribution in [2.45, 2.75) is 20.8 Å². The fraction of sp³-hybridized carbons (Fsp3) is 0.818. The minimum absolute atomic E-state index is 0.0794. The van der Waals surface area contributed by atoms with E-state index in [1.807, 2.05) is 6.92 Å². The zero-order valence-electron chi connectivity index (χ0n) is 10.6. The lowest BCUT2D eigenvalue weighted by Gasteiger charge is -2.19. The average molecular weight is 247 g/mol. The minimum atomic E-state index is -0.971. The van der Waals surface area contributed by atoms with Crippen LogP contribution in [0.2, 0.25) is 0 Å². The normalized spacial score (nSPS) is 11.2. The summed E-state index contributed by atoms with van der Waals surface area (Å²) < 4.78 is 10.1. The summed E-state index contributed by atoms with van der Waals surface area (Å²) in [6, 6.07) is 0. The lowest BCUT2D eigenvalue weighted by molar-refractivity contribution is -0.146. The molecule has 0 aromatic carbocycles. The lowest BCUT2D eigenvalue weighted by Crippen LogP contribution is -2.40. The van der Waals surface area contributed by atoms with Gasteiger partial charge in [-0.2, -0.15) is 0 Å². The van der Waals surface area contributed by atoms with Crippen molar-refractivity contribution in [1.29, 1.82) is 0 Å². The third-order valence-corrected chi connectivity index (χ3v) is 2.12. The summed E-state index contributed by atoms with van der Waals surface area (Å²) in [6.45, 7) is 6.38. The molecular weight excluding hydrogens is 226 g/mol. The maximum absolute atomic E-state index is 11.3. The van der Waals surface area contributed by atoms with Crippen LogP contribution in [0.15, 0.2) is 0 Å². The quantitative estimate of drug-likeness (QED) is 0.571. The molecule has 0 atom stereocenters. The van der Waals surface area contributed by atoms with Gasteiger partial charge in [-0.3, -0.25) is 9.59 Å². The molecule has 1 amide bonds. The van der Waals surface area contributed by atoms with Gasteiger partial charge in [-0.15, -0.1) is 0 Å². The molecule has 100 valence electrons. The van der Waals surface area contributed by atoms with Crippen LogP contribution in [-0.4, -0.2) is 50.0 Å². The van der Waals surface area contributed by atoms with Gasteiger partial charge in [0.2, 0.25) is 5.91 Å². The van der Waals surface area contributed by atoms with Crippen molar-refractivity contribution in [3.63, 3.8) is 0 Å². The van der Waals surface area contributed by atoms with Gasteiger partial charge in [0.25, 0.3) is 0 Å². The smallest absolute Gasteiger partial charge is 0.310 e. The number of ether oxygens (including phenoxy) is 2. The highest BCUT2D eigenvalue weighted by Crippen LogP contribution is 2.12. The molecule has 0 radical (unpaired) electrons. The molecule has 0 aliphatic heterocycles. The first-order chi connectivity index (χ1) is 7.90. The van der Waals surface area contributed by atoms with Crippen LogP contribution in [0.4, 0.5) is 0 Å². The number of carboxylic acid groups (broad SMARTS) is 1. The van der Waals surface area contributed by atoms with E-state index < -0.39 is 11.4 Å². The SMILES string of the molecule is CCOCCOCC(=O)NCC(C)(C)C(=O)O. The molecule has 0 aromatic heterocycles. The highest BCUT2D eigenvalue weighted by molar-refractivity contribution is 5.79. The van der Waals surface area contributed by atoms with E-state index in [4.69, 9.17) is 14.6 Å². The number of carbonyl (C=O) groups excluding carboxylic acids is 1. The van der Waals surface area contributed by atoms with Crippen LogP contribution in [0.3, 0.4) is 0 Å². The summed E-state index contributed by atoms with van der Waals surface area (Å²) in [5.74, 6) is -1.27. The molecule has 0 aliphatic carbocycles. The first kappa shape index (κ1) is 15.9. The summed E-state index contributed by atoms with van der Waals surface area (Å²) in [4.78, 5) is 22.0. The van der Waals surface area contributed by atoms with Crippen LogP contribution in [0.1, 0.15) is 20.8 Å². The molecular formula is C11H21NO5. The van der Waals surface area contributed by atoms with Crippen LogP contribution in [0.5, 0.6) is 0 Å². The van der Waals surface area contributed by atoms with Crippen LogP contribution in [0.25, 0.3) is 0 Å². The molecule has 0 saturated heterocycles. The Balaban J connectivity index is 3.63. The molecule has 0 aliphatic rings. The minimum Gasteiger partial charge on any atom is -0.481 e. The number of amides is 1. The molecule has 0 aromatic rings. The Morgan fingerprint density at radius 2 is 1.82 bits per heavy atom. The highest BCUT2D eigenvalue weighted by Gasteiger charge is 2.27. The topological polar surface area (TPSA) is 84.9 Å². The van der Waals surface area contributed by atoms with Crippen molar-refractivity contribution >= 4 is 11.9 Å². The number of rotatable bonds is 9. The van der Waals surface area contributed by atoms with Crippen molar-refractivity contribution < 1.29 is 24.2 Å². The second-order valence-electron chi connectivity index (χ2n) is 4.22. The first-order valence-corrected chi connectivity index (χ1v) is 5.55. The number of hydrogen-bond donors (Lipinski definition) is 2. The van der Waals surface area contributed by atoms with Gasteiger partial charge in [-0.25, -0.2) is 0 Å². The highest BCUT2D eigenvalue weighted by atomic mass is 16.5. The maximum Gasteiger partial charge on any atom is 0.310 e. The predicted molar refractivity (Wildman–Crippen MR) is 61.7 cm³/mol. The number of hydrogen-bond acceptors (Lipinski definition) is 4. The number of aliphatic carboxylic acids is 1. The van der Waals surface area contributed by atoms with E-state index in [1.54, 1.807) is 13.8 Å². The third kappa shape index (κ3) is 7.70. The van der Waals surface area contributed by atoms with Gasteiger partial charge in [0.1, 0.15) is 6.61 Å². The molecule has 0 bridgehead atoms. The van der Waals surface area contributed by atoms with E-state index >= 15 is 0 Å². The summed E-state index contributed by atoms with van der Waals surface area (Å²) in [7, 11) is 0. The Morgan fingerprint density at radius 1 is 1.24 bits per heavy atom. The van der Waals surface area contributed by atoms with Crippen molar-refractivity contribution in [3.05, 3.63) is 0 Å². The second-order valence-corrected chi connectivity index (χ2v) is 4.22. The molecule has 2 N–H and O–H groups in total. The zero-order valence-corrected chi connectivity index (χ0v) is 10.6. The van der Waals surface area contributed by atoms with Crippen molar-refractivity contribution in [2.24, 2.45) is 5.41 Å². The van der Waals surface area contributed by atoms with Crippen LogP contribution >= 0.6 is 0 Å². The summed E-state index contributed by atoms with van der Waals surface area (Å²) >= 11 is 0.